The summed E-state index contributed by atoms with van der Waals surface area (Å²) < 4.78 is 10.4. The van der Waals surface area contributed by atoms with Crippen LogP contribution in [0, 0.1) is 0 Å². The summed E-state index contributed by atoms with van der Waals surface area (Å²) in [6, 6.07) is 12.4. The molecule has 0 aliphatic rings. The average molecular weight is 342 g/mol. The number of amides is 1. The second-order valence-electron chi connectivity index (χ2n) is 5.74. The van der Waals surface area contributed by atoms with Crippen LogP contribution in [0.15, 0.2) is 47.6 Å². The topological polar surface area (TPSA) is 80.2 Å². The van der Waals surface area contributed by atoms with E-state index in [9.17, 15) is 9.90 Å². The predicted octanol–water partition coefficient (Wildman–Crippen LogP) is 3.05. The Hall–Kier alpha value is -3.02. The maximum absolute atomic E-state index is 11.7. The van der Waals surface area contributed by atoms with Crippen molar-refractivity contribution in [2.24, 2.45) is 5.10 Å². The summed E-state index contributed by atoms with van der Waals surface area (Å²) in [7, 11) is 1.46. The summed E-state index contributed by atoms with van der Waals surface area (Å²) in [5, 5.41) is 13.4. The van der Waals surface area contributed by atoms with E-state index in [2.05, 4.69) is 24.4 Å². The lowest BCUT2D eigenvalue weighted by molar-refractivity contribution is -0.123. The Morgan fingerprint density at radius 3 is 2.60 bits per heavy atom. The number of aromatic hydroxyl groups is 1. The number of rotatable bonds is 7. The van der Waals surface area contributed by atoms with Gasteiger partial charge in [-0.05, 0) is 47.4 Å². The first-order valence-electron chi connectivity index (χ1n) is 7.91. The van der Waals surface area contributed by atoms with Crippen molar-refractivity contribution >= 4 is 12.1 Å². The van der Waals surface area contributed by atoms with Crippen LogP contribution in [0.25, 0.3) is 0 Å². The molecule has 2 aromatic carbocycles. The maximum atomic E-state index is 11.7. The molecule has 2 rings (SSSR count). The van der Waals surface area contributed by atoms with E-state index in [0.717, 1.165) is 0 Å². The SMILES string of the molecule is COc1cc(C=NNC(=O)COc2ccc(C(C)C)cc2)ccc1O. The molecule has 0 unspecified atom stereocenters. The van der Waals surface area contributed by atoms with Crippen LogP contribution in [-0.2, 0) is 4.79 Å². The normalized spacial score (nSPS) is 10.9. The van der Waals surface area contributed by atoms with E-state index in [1.165, 1.54) is 25.0 Å². The Labute approximate surface area is 147 Å². The lowest BCUT2D eigenvalue weighted by Gasteiger charge is -2.08. The second-order valence-corrected chi connectivity index (χ2v) is 5.74. The number of carbonyl (C=O) groups excluding carboxylic acids is 1. The number of nitrogens with zero attached hydrogens (tertiary/aromatic N) is 1. The zero-order valence-corrected chi connectivity index (χ0v) is 14.5. The highest BCUT2D eigenvalue weighted by Gasteiger charge is 2.04. The fraction of sp³-hybridized carbons (Fsp3) is 0.263. The summed E-state index contributed by atoms with van der Waals surface area (Å²) in [5.74, 6) is 1.09. The van der Waals surface area contributed by atoms with Crippen LogP contribution in [-0.4, -0.2) is 30.9 Å². The molecule has 0 aromatic heterocycles. The molecule has 0 bridgehead atoms. The van der Waals surface area contributed by atoms with Crippen molar-refractivity contribution in [3.05, 3.63) is 53.6 Å². The second kappa shape index (κ2) is 8.73. The molecular formula is C19H22N2O4. The van der Waals surface area contributed by atoms with E-state index >= 15 is 0 Å². The van der Waals surface area contributed by atoms with Crippen molar-refractivity contribution in [2.75, 3.05) is 13.7 Å². The molecule has 2 N–H and O–H groups in total. The number of phenols is 1. The fourth-order valence-electron chi connectivity index (χ4n) is 2.08. The molecule has 132 valence electrons. The molecule has 0 atom stereocenters. The van der Waals surface area contributed by atoms with Gasteiger partial charge in [-0.2, -0.15) is 5.10 Å². The summed E-state index contributed by atoms with van der Waals surface area (Å²) >= 11 is 0. The smallest absolute Gasteiger partial charge is 0.277 e. The number of hydrogen-bond acceptors (Lipinski definition) is 5. The van der Waals surface area contributed by atoms with E-state index in [4.69, 9.17) is 9.47 Å². The van der Waals surface area contributed by atoms with Crippen molar-refractivity contribution < 1.29 is 19.4 Å². The number of hydrogen-bond donors (Lipinski definition) is 2. The molecule has 2 aromatic rings. The molecule has 0 radical (unpaired) electrons. The fourth-order valence-corrected chi connectivity index (χ4v) is 2.08. The van der Waals surface area contributed by atoms with Crippen LogP contribution in [0.4, 0.5) is 0 Å². The monoisotopic (exact) mass is 342 g/mol. The van der Waals surface area contributed by atoms with Crippen molar-refractivity contribution in [3.8, 4) is 17.2 Å². The molecule has 6 heteroatoms. The quantitative estimate of drug-likeness (QED) is 0.599. The highest BCUT2D eigenvalue weighted by molar-refractivity contribution is 5.83. The number of hydrazone groups is 1. The van der Waals surface area contributed by atoms with E-state index in [-0.39, 0.29) is 18.3 Å². The standard InChI is InChI=1S/C19H22N2O4/c1-13(2)15-5-7-16(8-6-15)25-12-19(23)21-20-11-14-4-9-17(22)18(10-14)24-3/h4-11,13,22H,12H2,1-3H3,(H,21,23). The summed E-state index contributed by atoms with van der Waals surface area (Å²) in [5.41, 5.74) is 4.28. The minimum Gasteiger partial charge on any atom is -0.504 e. The van der Waals surface area contributed by atoms with Gasteiger partial charge in [0.05, 0.1) is 13.3 Å². The lowest BCUT2D eigenvalue weighted by Crippen LogP contribution is -2.24. The van der Waals surface area contributed by atoms with E-state index in [1.807, 2.05) is 24.3 Å². The third-order valence-corrected chi connectivity index (χ3v) is 3.52. The van der Waals surface area contributed by atoms with Gasteiger partial charge in [0.2, 0.25) is 0 Å². The van der Waals surface area contributed by atoms with Gasteiger partial charge >= 0.3 is 0 Å². The molecule has 0 aliphatic carbocycles. The molecule has 0 spiro atoms. The summed E-state index contributed by atoms with van der Waals surface area (Å²) in [6.45, 7) is 4.10. The van der Waals surface area contributed by atoms with Crippen LogP contribution in [0.2, 0.25) is 0 Å². The largest absolute Gasteiger partial charge is 0.504 e. The average Bonchev–Trinajstić information content (AvgIpc) is 2.61. The van der Waals surface area contributed by atoms with E-state index in [0.29, 0.717) is 23.0 Å². The van der Waals surface area contributed by atoms with E-state index < -0.39 is 0 Å². The van der Waals surface area contributed by atoms with Crippen LogP contribution in [0.3, 0.4) is 0 Å². The first kappa shape index (κ1) is 18.3. The van der Waals surface area contributed by atoms with E-state index in [1.54, 1.807) is 12.1 Å². The van der Waals surface area contributed by atoms with Gasteiger partial charge in [-0.25, -0.2) is 5.43 Å². The van der Waals surface area contributed by atoms with Gasteiger partial charge in [0.15, 0.2) is 18.1 Å². The number of carbonyl (C=O) groups is 1. The Bertz CT molecular complexity index is 740. The minimum absolute atomic E-state index is 0.0422. The van der Waals surface area contributed by atoms with Gasteiger partial charge in [-0.3, -0.25) is 4.79 Å². The minimum atomic E-state index is -0.366. The first-order valence-corrected chi connectivity index (χ1v) is 7.91. The molecule has 0 saturated heterocycles. The van der Waals surface area contributed by atoms with Crippen LogP contribution < -0.4 is 14.9 Å². The molecule has 6 nitrogen and oxygen atoms in total. The van der Waals surface area contributed by atoms with Gasteiger partial charge in [0.25, 0.3) is 5.91 Å². The highest BCUT2D eigenvalue weighted by atomic mass is 16.5. The number of phenolic OH excluding ortho intramolecular Hbond substituents is 1. The lowest BCUT2D eigenvalue weighted by atomic mass is 10.0. The Kier molecular flexibility index (Phi) is 6.39. The van der Waals surface area contributed by atoms with Gasteiger partial charge in [0, 0.05) is 0 Å². The molecule has 25 heavy (non-hydrogen) atoms. The third kappa shape index (κ3) is 5.53. The molecule has 0 saturated carbocycles. The molecular weight excluding hydrogens is 320 g/mol. The number of benzene rings is 2. The van der Waals surface area contributed by atoms with Crippen molar-refractivity contribution in [2.45, 2.75) is 19.8 Å². The molecule has 0 heterocycles. The van der Waals surface area contributed by atoms with Gasteiger partial charge < -0.3 is 14.6 Å². The molecule has 0 fully saturated rings. The van der Waals surface area contributed by atoms with Gasteiger partial charge in [-0.1, -0.05) is 26.0 Å². The Morgan fingerprint density at radius 1 is 1.24 bits per heavy atom. The van der Waals surface area contributed by atoms with Gasteiger partial charge in [0.1, 0.15) is 5.75 Å². The molecule has 0 aliphatic heterocycles. The third-order valence-electron chi connectivity index (χ3n) is 3.52. The van der Waals surface area contributed by atoms with Crippen LogP contribution in [0.1, 0.15) is 30.9 Å². The Morgan fingerprint density at radius 2 is 1.96 bits per heavy atom. The zero-order chi connectivity index (χ0) is 18.2. The maximum Gasteiger partial charge on any atom is 0.277 e. The summed E-state index contributed by atoms with van der Waals surface area (Å²) in [4.78, 5) is 11.7. The van der Waals surface area contributed by atoms with Crippen molar-refractivity contribution in [3.63, 3.8) is 0 Å². The number of methoxy groups -OCH3 is 1. The van der Waals surface area contributed by atoms with Gasteiger partial charge in [-0.15, -0.1) is 0 Å². The Balaban J connectivity index is 1.82. The van der Waals surface area contributed by atoms with Crippen molar-refractivity contribution in [1.82, 2.24) is 5.43 Å². The van der Waals surface area contributed by atoms with Crippen LogP contribution in [0.5, 0.6) is 17.2 Å². The predicted molar refractivity (Wildman–Crippen MR) is 96.4 cm³/mol. The molecule has 1 amide bonds. The van der Waals surface area contributed by atoms with Crippen molar-refractivity contribution in [1.29, 1.82) is 0 Å². The van der Waals surface area contributed by atoms with Crippen LogP contribution >= 0.6 is 0 Å². The number of ether oxygens (including phenoxy) is 2. The highest BCUT2D eigenvalue weighted by Crippen LogP contribution is 2.25. The number of nitrogens with one attached hydrogen (secondary N) is 1. The first-order chi connectivity index (χ1) is 12.0. The summed E-state index contributed by atoms with van der Waals surface area (Å²) in [6.07, 6.45) is 1.46. The zero-order valence-electron chi connectivity index (χ0n) is 14.5.